The Morgan fingerprint density at radius 2 is 1.53 bits per heavy atom. The Hall–Kier alpha value is 0.137. The highest BCUT2D eigenvalue weighted by Crippen LogP contribution is 2.33. The fourth-order valence-electron chi connectivity index (χ4n) is 1.26. The van der Waals surface area contributed by atoms with Gasteiger partial charge in [-0.3, -0.25) is 0 Å². The summed E-state index contributed by atoms with van der Waals surface area (Å²) in [7, 11) is -1.27. The number of hydrogen-bond donors (Lipinski definition) is 2. The van der Waals surface area contributed by atoms with Gasteiger partial charge in [0, 0.05) is 6.61 Å². The summed E-state index contributed by atoms with van der Waals surface area (Å²) in [6.07, 6.45) is 4.60. The quantitative estimate of drug-likeness (QED) is 0.521. The van der Waals surface area contributed by atoms with Crippen molar-refractivity contribution in [2.45, 2.75) is 64.6 Å². The number of nitrogens with one attached hydrogen (secondary N) is 1. The second-order valence-corrected chi connectivity index (χ2v) is 11.0. The summed E-state index contributed by atoms with van der Waals surface area (Å²) < 4.78 is 0. The maximum atomic E-state index is 8.65. The fraction of sp³-hybridized carbons (Fsp3) is 1.00. The van der Waals surface area contributed by atoms with Gasteiger partial charge in [-0.05, 0) is 24.4 Å². The normalized spacial score (nSPS) is 13.2. The van der Waals surface area contributed by atoms with Crippen LogP contribution in [0.4, 0.5) is 0 Å². The smallest absolute Gasteiger partial charge is 0.124 e. The van der Waals surface area contributed by atoms with Gasteiger partial charge in [0.25, 0.3) is 0 Å². The predicted octanol–water partition coefficient (Wildman–Crippen LogP) is 3.13. The van der Waals surface area contributed by atoms with E-state index in [9.17, 15) is 0 Å². The van der Waals surface area contributed by atoms with E-state index in [4.69, 9.17) is 5.11 Å². The van der Waals surface area contributed by atoms with Crippen LogP contribution >= 0.6 is 0 Å². The molecule has 0 spiro atoms. The molecule has 2 N–H and O–H groups in total. The van der Waals surface area contributed by atoms with Crippen molar-refractivity contribution >= 4 is 8.24 Å². The van der Waals surface area contributed by atoms with Crippen LogP contribution in [0.1, 0.15) is 46.5 Å². The van der Waals surface area contributed by atoms with Crippen LogP contribution in [-0.2, 0) is 0 Å². The number of unbranched alkanes of at least 4 members (excludes halogenated alkanes) is 3. The van der Waals surface area contributed by atoms with Crippen molar-refractivity contribution in [2.24, 2.45) is 0 Å². The molecule has 0 aromatic carbocycles. The van der Waals surface area contributed by atoms with E-state index in [1.807, 2.05) is 0 Å². The summed E-state index contributed by atoms with van der Waals surface area (Å²) in [5.41, 5.74) is 0. The molecule has 0 fully saturated rings. The Morgan fingerprint density at radius 1 is 1.00 bits per heavy atom. The van der Waals surface area contributed by atoms with Crippen molar-refractivity contribution < 1.29 is 5.11 Å². The number of rotatable bonds is 7. The number of hydrogen-bond acceptors (Lipinski definition) is 2. The molecular formula is C12H29NOSi. The monoisotopic (exact) mass is 231 g/mol. The molecule has 0 rings (SSSR count). The Labute approximate surface area is 96.6 Å². The van der Waals surface area contributed by atoms with E-state index in [1.165, 1.54) is 12.8 Å². The Kier molecular flexibility index (Phi) is 6.72. The minimum Gasteiger partial charge on any atom is -0.396 e. The molecule has 3 heteroatoms. The van der Waals surface area contributed by atoms with E-state index in [-0.39, 0.29) is 0 Å². The number of aliphatic hydroxyl groups excluding tert-OH is 1. The first-order chi connectivity index (χ1) is 6.81. The largest absolute Gasteiger partial charge is 0.396 e. The third kappa shape index (κ3) is 6.33. The average molecular weight is 231 g/mol. The highest BCUT2D eigenvalue weighted by atomic mass is 28.3. The predicted molar refractivity (Wildman–Crippen MR) is 70.8 cm³/mol. The van der Waals surface area contributed by atoms with Crippen LogP contribution in [0.15, 0.2) is 0 Å². The maximum absolute atomic E-state index is 8.65. The third-order valence-corrected chi connectivity index (χ3v) is 8.41. The fourth-order valence-corrected chi connectivity index (χ4v) is 2.59. The molecule has 0 heterocycles. The molecule has 0 unspecified atom stereocenters. The lowest BCUT2D eigenvalue weighted by atomic mass is 10.2. The van der Waals surface area contributed by atoms with Crippen LogP contribution in [0.25, 0.3) is 0 Å². The van der Waals surface area contributed by atoms with Crippen LogP contribution < -0.4 is 4.98 Å². The van der Waals surface area contributed by atoms with Gasteiger partial charge < -0.3 is 10.1 Å². The summed E-state index contributed by atoms with van der Waals surface area (Å²) in [5.74, 6) is 0. The minimum absolute atomic E-state index is 0.343. The lowest BCUT2D eigenvalue weighted by molar-refractivity contribution is 0.282. The van der Waals surface area contributed by atoms with Crippen molar-refractivity contribution in [3.63, 3.8) is 0 Å². The zero-order chi connectivity index (χ0) is 11.9. The molecular weight excluding hydrogens is 202 g/mol. The van der Waals surface area contributed by atoms with Crippen LogP contribution in [0.2, 0.25) is 18.1 Å². The summed E-state index contributed by atoms with van der Waals surface area (Å²) in [6.45, 7) is 13.3. The molecule has 0 aromatic rings. The standard InChI is InChI=1S/C12H29NOSi/c1-12(2,3)15(4,5)13-10-8-6-7-9-11-14/h13-14H,6-11H2,1-5H3. The first-order valence-corrected chi connectivity index (χ1v) is 9.17. The molecule has 92 valence electrons. The highest BCUT2D eigenvalue weighted by molar-refractivity contribution is 6.77. The van der Waals surface area contributed by atoms with Crippen molar-refractivity contribution in [1.29, 1.82) is 0 Å². The van der Waals surface area contributed by atoms with Crippen molar-refractivity contribution in [1.82, 2.24) is 4.98 Å². The van der Waals surface area contributed by atoms with E-state index >= 15 is 0 Å². The van der Waals surface area contributed by atoms with Gasteiger partial charge in [0.15, 0.2) is 0 Å². The summed E-state index contributed by atoms with van der Waals surface area (Å²) in [4.78, 5) is 3.75. The highest BCUT2D eigenvalue weighted by Gasteiger charge is 2.34. The van der Waals surface area contributed by atoms with Crippen LogP contribution in [0.5, 0.6) is 0 Å². The minimum atomic E-state index is -1.27. The molecule has 0 amide bonds. The molecule has 0 atom stereocenters. The van der Waals surface area contributed by atoms with Gasteiger partial charge in [-0.1, -0.05) is 46.7 Å². The zero-order valence-corrected chi connectivity index (χ0v) is 12.2. The van der Waals surface area contributed by atoms with E-state index in [0.717, 1.165) is 19.4 Å². The van der Waals surface area contributed by atoms with Gasteiger partial charge in [0.1, 0.15) is 8.24 Å². The van der Waals surface area contributed by atoms with Crippen molar-refractivity contribution in [3.05, 3.63) is 0 Å². The Morgan fingerprint density at radius 3 is 2.00 bits per heavy atom. The zero-order valence-electron chi connectivity index (χ0n) is 11.2. The first-order valence-electron chi connectivity index (χ1n) is 6.17. The lowest BCUT2D eigenvalue weighted by Crippen LogP contribution is -2.52. The van der Waals surface area contributed by atoms with Crippen LogP contribution in [0, 0.1) is 0 Å². The molecule has 0 saturated heterocycles. The topological polar surface area (TPSA) is 32.3 Å². The van der Waals surface area contributed by atoms with E-state index < -0.39 is 8.24 Å². The SMILES string of the molecule is CC(C)(C)[Si](C)(C)NCCCCCCO. The molecule has 0 aliphatic heterocycles. The number of aliphatic hydroxyl groups is 1. The van der Waals surface area contributed by atoms with E-state index in [1.54, 1.807) is 0 Å². The molecule has 2 nitrogen and oxygen atoms in total. The third-order valence-electron chi connectivity index (χ3n) is 3.53. The maximum Gasteiger partial charge on any atom is 0.124 e. The van der Waals surface area contributed by atoms with Gasteiger partial charge in [-0.25, -0.2) is 0 Å². The summed E-state index contributed by atoms with van der Waals surface area (Å²) >= 11 is 0. The van der Waals surface area contributed by atoms with Crippen molar-refractivity contribution in [2.75, 3.05) is 13.2 Å². The average Bonchev–Trinajstić information content (AvgIpc) is 2.09. The molecule has 0 radical (unpaired) electrons. The first kappa shape index (κ1) is 15.1. The van der Waals surface area contributed by atoms with E-state index in [0.29, 0.717) is 11.6 Å². The molecule has 0 saturated carbocycles. The molecule has 0 aliphatic carbocycles. The summed E-state index contributed by atoms with van der Waals surface area (Å²) in [5, 5.41) is 9.08. The van der Waals surface area contributed by atoms with Crippen LogP contribution in [0.3, 0.4) is 0 Å². The lowest BCUT2D eigenvalue weighted by Gasteiger charge is -2.37. The van der Waals surface area contributed by atoms with Crippen LogP contribution in [-0.4, -0.2) is 26.5 Å². The Balaban J connectivity index is 3.58. The van der Waals surface area contributed by atoms with Gasteiger partial charge in [0.2, 0.25) is 0 Å². The van der Waals surface area contributed by atoms with Crippen molar-refractivity contribution in [3.8, 4) is 0 Å². The molecule has 0 bridgehead atoms. The van der Waals surface area contributed by atoms with Gasteiger partial charge in [-0.2, -0.15) is 0 Å². The van der Waals surface area contributed by atoms with Gasteiger partial charge >= 0.3 is 0 Å². The molecule has 0 aromatic heterocycles. The molecule has 0 aliphatic rings. The van der Waals surface area contributed by atoms with Gasteiger partial charge in [-0.15, -0.1) is 0 Å². The van der Waals surface area contributed by atoms with Gasteiger partial charge in [0.05, 0.1) is 0 Å². The van der Waals surface area contributed by atoms with E-state index in [2.05, 4.69) is 38.8 Å². The summed E-state index contributed by atoms with van der Waals surface area (Å²) in [6, 6.07) is 0. The second-order valence-electron chi connectivity index (χ2n) is 5.94. The molecule has 15 heavy (non-hydrogen) atoms. The second kappa shape index (κ2) is 6.66. The Bertz CT molecular complexity index is 163.